The maximum Gasteiger partial charge on any atom is 0.513 e. The molecule has 0 amide bonds. The van der Waals surface area contributed by atoms with Crippen molar-refractivity contribution in [2.24, 2.45) is 0 Å². The van der Waals surface area contributed by atoms with E-state index in [1.54, 1.807) is 0 Å². The highest BCUT2D eigenvalue weighted by atomic mass is 16.7. The lowest BCUT2D eigenvalue weighted by Crippen LogP contribution is -2.32. The van der Waals surface area contributed by atoms with Crippen molar-refractivity contribution in [3.05, 3.63) is 34.4 Å². The van der Waals surface area contributed by atoms with Crippen molar-refractivity contribution < 1.29 is 33.8 Å². The Morgan fingerprint density at radius 3 is 2.14 bits per heavy atom. The van der Waals surface area contributed by atoms with E-state index in [9.17, 15) is 14.9 Å². The average Bonchev–Trinajstić information content (AvgIpc) is 2.58. The molecule has 0 aromatic heterocycles. The standard InChI is InChI=1S/C19H29NO8/c1-18(2,9-11-21)26-12-10-19(3,4)27-14-13-25-17(22)28-16-7-5-15(6-8-16)20(23)24/h5-8,21H,9-14H2,1-4H3. The summed E-state index contributed by atoms with van der Waals surface area (Å²) in [5, 5.41) is 19.6. The summed E-state index contributed by atoms with van der Waals surface area (Å²) in [6.07, 6.45) is 0.276. The van der Waals surface area contributed by atoms with Crippen LogP contribution >= 0.6 is 0 Å². The second-order valence-corrected chi connectivity index (χ2v) is 7.39. The van der Waals surface area contributed by atoms with E-state index in [0.29, 0.717) is 19.4 Å². The zero-order chi connectivity index (χ0) is 21.2. The monoisotopic (exact) mass is 399 g/mol. The first-order chi connectivity index (χ1) is 13.0. The number of hydrogen-bond donors (Lipinski definition) is 1. The molecule has 28 heavy (non-hydrogen) atoms. The molecule has 0 unspecified atom stereocenters. The van der Waals surface area contributed by atoms with Crippen molar-refractivity contribution in [2.45, 2.75) is 51.7 Å². The number of rotatable bonds is 12. The maximum absolute atomic E-state index is 11.6. The molecule has 1 aromatic carbocycles. The smallest absolute Gasteiger partial charge is 0.432 e. The van der Waals surface area contributed by atoms with Crippen molar-refractivity contribution >= 4 is 11.8 Å². The molecular formula is C19H29NO8. The van der Waals surface area contributed by atoms with Crippen molar-refractivity contribution in [1.29, 1.82) is 0 Å². The third-order valence-electron chi connectivity index (χ3n) is 3.96. The van der Waals surface area contributed by atoms with Gasteiger partial charge in [0, 0.05) is 18.7 Å². The number of nitro groups is 1. The maximum atomic E-state index is 11.6. The van der Waals surface area contributed by atoms with Crippen LogP contribution in [0.25, 0.3) is 0 Å². The molecule has 0 fully saturated rings. The number of carbonyl (C=O) groups is 1. The van der Waals surface area contributed by atoms with Gasteiger partial charge in [-0.3, -0.25) is 10.1 Å². The van der Waals surface area contributed by atoms with Crippen LogP contribution in [0.4, 0.5) is 10.5 Å². The second-order valence-electron chi connectivity index (χ2n) is 7.39. The highest BCUT2D eigenvalue weighted by molar-refractivity contribution is 5.63. The minimum absolute atomic E-state index is 0.00606. The van der Waals surface area contributed by atoms with Gasteiger partial charge in [-0.15, -0.1) is 0 Å². The Balaban J connectivity index is 2.25. The summed E-state index contributed by atoms with van der Waals surface area (Å²) in [4.78, 5) is 21.7. The second kappa shape index (κ2) is 10.9. The molecule has 0 aliphatic heterocycles. The molecule has 9 nitrogen and oxygen atoms in total. The number of aliphatic hydroxyl groups is 1. The summed E-state index contributed by atoms with van der Waals surface area (Å²) < 4.78 is 21.3. The van der Waals surface area contributed by atoms with E-state index in [1.165, 1.54) is 24.3 Å². The molecule has 9 heteroatoms. The number of hydrogen-bond acceptors (Lipinski definition) is 8. The van der Waals surface area contributed by atoms with E-state index in [-0.39, 0.29) is 31.3 Å². The minimum atomic E-state index is -0.913. The molecule has 0 bridgehead atoms. The number of aliphatic hydroxyl groups excluding tert-OH is 1. The highest BCUT2D eigenvalue weighted by Gasteiger charge is 2.22. The Kier molecular flexibility index (Phi) is 9.30. The molecular weight excluding hydrogens is 370 g/mol. The normalized spacial score (nSPS) is 11.9. The van der Waals surface area contributed by atoms with Gasteiger partial charge in [-0.1, -0.05) is 0 Å². The summed E-state index contributed by atoms with van der Waals surface area (Å²) in [6.45, 7) is 8.38. The number of nitrogens with zero attached hydrogens (tertiary/aromatic N) is 1. The van der Waals surface area contributed by atoms with Crippen LogP contribution < -0.4 is 4.74 Å². The first-order valence-electron chi connectivity index (χ1n) is 9.02. The van der Waals surface area contributed by atoms with E-state index in [2.05, 4.69) is 0 Å². The van der Waals surface area contributed by atoms with E-state index >= 15 is 0 Å². The van der Waals surface area contributed by atoms with E-state index in [0.717, 1.165) is 0 Å². The van der Waals surface area contributed by atoms with Crippen molar-refractivity contribution in [3.8, 4) is 5.75 Å². The first-order valence-corrected chi connectivity index (χ1v) is 9.02. The van der Waals surface area contributed by atoms with Gasteiger partial charge in [0.1, 0.15) is 12.4 Å². The number of benzene rings is 1. The summed E-state index contributed by atoms with van der Waals surface area (Å²) in [5.74, 6) is 0.152. The first kappa shape index (κ1) is 23.8. The van der Waals surface area contributed by atoms with E-state index in [4.69, 9.17) is 24.1 Å². The van der Waals surface area contributed by atoms with Crippen molar-refractivity contribution in [3.63, 3.8) is 0 Å². The van der Waals surface area contributed by atoms with Crippen LogP contribution in [0, 0.1) is 10.1 Å². The van der Waals surface area contributed by atoms with Crippen LogP contribution in [0.3, 0.4) is 0 Å². The third kappa shape index (κ3) is 9.63. The highest BCUT2D eigenvalue weighted by Crippen LogP contribution is 2.20. The fourth-order valence-electron chi connectivity index (χ4n) is 2.19. The third-order valence-corrected chi connectivity index (χ3v) is 3.96. The number of carbonyl (C=O) groups excluding carboxylic acids is 1. The zero-order valence-corrected chi connectivity index (χ0v) is 16.8. The summed E-state index contributed by atoms with van der Waals surface area (Å²) in [7, 11) is 0. The summed E-state index contributed by atoms with van der Waals surface area (Å²) in [5.41, 5.74) is -0.962. The van der Waals surface area contributed by atoms with Crippen LogP contribution in [0.1, 0.15) is 40.5 Å². The van der Waals surface area contributed by atoms with Gasteiger partial charge in [-0.05, 0) is 52.7 Å². The average molecular weight is 399 g/mol. The predicted octanol–water partition coefficient (Wildman–Crippen LogP) is 3.47. The van der Waals surface area contributed by atoms with Crippen molar-refractivity contribution in [2.75, 3.05) is 26.4 Å². The fraction of sp³-hybridized carbons (Fsp3) is 0.632. The van der Waals surface area contributed by atoms with Crippen LogP contribution in [-0.2, 0) is 14.2 Å². The van der Waals surface area contributed by atoms with E-state index in [1.807, 2.05) is 27.7 Å². The Bertz CT molecular complexity index is 627. The Labute approximate surface area is 164 Å². The quantitative estimate of drug-likeness (QED) is 0.187. The van der Waals surface area contributed by atoms with Gasteiger partial charge >= 0.3 is 6.16 Å². The van der Waals surface area contributed by atoms with Gasteiger partial charge in [0.15, 0.2) is 0 Å². The van der Waals surface area contributed by atoms with Gasteiger partial charge in [0.2, 0.25) is 0 Å². The van der Waals surface area contributed by atoms with Gasteiger partial charge in [-0.2, -0.15) is 0 Å². The predicted molar refractivity (Wildman–Crippen MR) is 101 cm³/mol. The molecule has 1 N–H and O–H groups in total. The molecule has 158 valence electrons. The molecule has 0 spiro atoms. The lowest BCUT2D eigenvalue weighted by Gasteiger charge is -2.29. The molecule has 0 heterocycles. The molecule has 0 saturated carbocycles. The van der Waals surface area contributed by atoms with Gasteiger partial charge < -0.3 is 24.1 Å². The molecule has 0 aliphatic rings. The van der Waals surface area contributed by atoms with Crippen LogP contribution in [0.15, 0.2) is 24.3 Å². The number of ether oxygens (including phenoxy) is 4. The van der Waals surface area contributed by atoms with Gasteiger partial charge in [-0.25, -0.2) is 4.79 Å². The minimum Gasteiger partial charge on any atom is -0.432 e. The van der Waals surface area contributed by atoms with Gasteiger partial charge in [0.05, 0.1) is 29.3 Å². The largest absolute Gasteiger partial charge is 0.513 e. The fourth-order valence-corrected chi connectivity index (χ4v) is 2.19. The molecule has 1 rings (SSSR count). The van der Waals surface area contributed by atoms with Gasteiger partial charge in [0.25, 0.3) is 5.69 Å². The van der Waals surface area contributed by atoms with Crippen LogP contribution in [-0.4, -0.2) is 53.8 Å². The Morgan fingerprint density at radius 2 is 1.57 bits per heavy atom. The van der Waals surface area contributed by atoms with Crippen LogP contribution in [0.2, 0.25) is 0 Å². The summed E-state index contributed by atoms with van der Waals surface area (Å²) in [6, 6.07) is 5.10. The zero-order valence-electron chi connectivity index (χ0n) is 16.8. The molecule has 1 aromatic rings. The Morgan fingerprint density at radius 1 is 1.00 bits per heavy atom. The Hall–Kier alpha value is -2.23. The molecule has 0 radical (unpaired) electrons. The lowest BCUT2D eigenvalue weighted by atomic mass is 10.0. The van der Waals surface area contributed by atoms with Crippen LogP contribution in [0.5, 0.6) is 5.75 Å². The molecule has 0 atom stereocenters. The van der Waals surface area contributed by atoms with E-state index < -0.39 is 22.3 Å². The number of non-ortho nitro benzene ring substituents is 1. The topological polar surface area (TPSA) is 117 Å². The number of nitro benzene ring substituents is 1. The van der Waals surface area contributed by atoms with Crippen molar-refractivity contribution in [1.82, 2.24) is 0 Å². The SMILES string of the molecule is CC(C)(CCO)OCCC(C)(C)OCCOC(=O)Oc1ccc([N+](=O)[O-])cc1. The molecule has 0 aliphatic carbocycles. The lowest BCUT2D eigenvalue weighted by molar-refractivity contribution is -0.384. The summed E-state index contributed by atoms with van der Waals surface area (Å²) >= 11 is 0. The molecule has 0 saturated heterocycles.